The fourth-order valence-corrected chi connectivity index (χ4v) is 2.40. The average Bonchev–Trinajstić information content (AvgIpc) is 2.82. The Morgan fingerprint density at radius 1 is 1.50 bits per heavy atom. The van der Waals surface area contributed by atoms with Crippen molar-refractivity contribution in [3.63, 3.8) is 0 Å². The lowest BCUT2D eigenvalue weighted by atomic mass is 10.2. The highest BCUT2D eigenvalue weighted by Crippen LogP contribution is 2.17. The van der Waals surface area contributed by atoms with Gasteiger partial charge in [-0.15, -0.1) is 0 Å². The van der Waals surface area contributed by atoms with Crippen molar-refractivity contribution in [2.24, 2.45) is 0 Å². The van der Waals surface area contributed by atoms with Crippen molar-refractivity contribution in [1.82, 2.24) is 10.2 Å². The molecule has 110 valence electrons. The average molecular weight is 280 g/mol. The quantitative estimate of drug-likeness (QED) is 0.866. The lowest BCUT2D eigenvalue weighted by Gasteiger charge is -2.21. The highest BCUT2D eigenvalue weighted by Gasteiger charge is 2.21. The Bertz CT molecular complexity index is 479. The zero-order valence-corrected chi connectivity index (χ0v) is 12.0. The lowest BCUT2D eigenvalue weighted by molar-refractivity contribution is -0.127. The Kier molecular flexibility index (Phi) is 4.95. The molecule has 1 aromatic rings. The lowest BCUT2D eigenvalue weighted by Crippen LogP contribution is -2.39. The molecule has 0 bridgehead atoms. The zero-order valence-electron chi connectivity index (χ0n) is 12.0. The second-order valence-corrected chi connectivity index (χ2v) is 5.19. The number of halogens is 1. The number of hydrogen-bond donors (Lipinski definition) is 1. The summed E-state index contributed by atoms with van der Waals surface area (Å²) in [4.78, 5) is 13.4. The van der Waals surface area contributed by atoms with Crippen molar-refractivity contribution in [1.29, 1.82) is 0 Å². The molecule has 1 unspecified atom stereocenters. The van der Waals surface area contributed by atoms with E-state index in [0.717, 1.165) is 18.5 Å². The molecule has 5 heteroatoms. The first kappa shape index (κ1) is 14.8. The molecule has 1 amide bonds. The summed E-state index contributed by atoms with van der Waals surface area (Å²) in [6, 6.07) is 5.12. The van der Waals surface area contributed by atoms with E-state index in [9.17, 15) is 9.18 Å². The smallest absolute Gasteiger partial charge is 0.222 e. The van der Waals surface area contributed by atoms with Crippen LogP contribution in [-0.4, -0.2) is 37.0 Å². The first-order valence-electron chi connectivity index (χ1n) is 6.93. The first-order valence-corrected chi connectivity index (χ1v) is 6.93. The summed E-state index contributed by atoms with van der Waals surface area (Å²) in [5, 5.41) is 3.31. The van der Waals surface area contributed by atoms with E-state index in [4.69, 9.17) is 4.74 Å². The van der Waals surface area contributed by atoms with Crippen molar-refractivity contribution < 1.29 is 13.9 Å². The molecule has 0 aromatic heterocycles. The summed E-state index contributed by atoms with van der Waals surface area (Å²) in [7, 11) is 1.45. The van der Waals surface area contributed by atoms with Crippen LogP contribution < -0.4 is 10.1 Å². The maximum absolute atomic E-state index is 13.5. The van der Waals surface area contributed by atoms with E-state index in [1.807, 2.05) is 17.9 Å². The first-order chi connectivity index (χ1) is 9.60. The van der Waals surface area contributed by atoms with Crippen LogP contribution in [-0.2, 0) is 11.3 Å². The third-order valence-electron chi connectivity index (χ3n) is 3.54. The monoisotopic (exact) mass is 280 g/mol. The summed E-state index contributed by atoms with van der Waals surface area (Å²) in [5.74, 6) is 0.132. The molecule has 1 heterocycles. The van der Waals surface area contributed by atoms with Crippen LogP contribution in [0.3, 0.4) is 0 Å². The summed E-state index contributed by atoms with van der Waals surface area (Å²) in [5.41, 5.74) is 0.864. The highest BCUT2D eigenvalue weighted by atomic mass is 19.1. The van der Waals surface area contributed by atoms with E-state index in [-0.39, 0.29) is 23.5 Å². The Morgan fingerprint density at radius 2 is 2.30 bits per heavy atom. The number of nitrogens with zero attached hydrogens (tertiary/aromatic N) is 1. The second-order valence-electron chi connectivity index (χ2n) is 5.19. The maximum Gasteiger partial charge on any atom is 0.222 e. The minimum absolute atomic E-state index is 0.183. The molecule has 1 aliphatic heterocycles. The molecule has 2 rings (SSSR count). The summed E-state index contributed by atoms with van der Waals surface area (Å²) in [6.07, 6.45) is 1.62. The molecule has 0 spiro atoms. The van der Waals surface area contributed by atoms with Crippen LogP contribution in [0.25, 0.3) is 0 Å². The maximum atomic E-state index is 13.5. The topological polar surface area (TPSA) is 41.6 Å². The van der Waals surface area contributed by atoms with Gasteiger partial charge in [-0.25, -0.2) is 4.39 Å². The van der Waals surface area contributed by atoms with E-state index in [1.165, 1.54) is 13.2 Å². The highest BCUT2D eigenvalue weighted by molar-refractivity contribution is 5.78. The third kappa shape index (κ3) is 3.70. The van der Waals surface area contributed by atoms with Gasteiger partial charge >= 0.3 is 0 Å². The fraction of sp³-hybridized carbons (Fsp3) is 0.533. The van der Waals surface area contributed by atoms with Crippen molar-refractivity contribution in [2.75, 3.05) is 20.2 Å². The van der Waals surface area contributed by atoms with Crippen molar-refractivity contribution in [2.45, 2.75) is 32.4 Å². The zero-order chi connectivity index (χ0) is 14.5. The van der Waals surface area contributed by atoms with Crippen LogP contribution in [0.5, 0.6) is 5.75 Å². The van der Waals surface area contributed by atoms with Crippen molar-refractivity contribution in [3.8, 4) is 5.75 Å². The Labute approximate surface area is 118 Å². The molecule has 1 fully saturated rings. The van der Waals surface area contributed by atoms with Gasteiger partial charge in [-0.3, -0.25) is 4.79 Å². The number of likely N-dealkylation sites (tertiary alicyclic amines) is 1. The molecule has 4 nitrogen and oxygen atoms in total. The number of nitrogens with one attached hydrogen (secondary N) is 1. The summed E-state index contributed by atoms with van der Waals surface area (Å²) in [6.45, 7) is 4.16. The normalized spacial score (nSPS) is 16.6. The molecule has 1 aliphatic rings. The summed E-state index contributed by atoms with van der Waals surface area (Å²) < 4.78 is 18.4. The summed E-state index contributed by atoms with van der Waals surface area (Å²) >= 11 is 0. The molecule has 1 aromatic carbocycles. The van der Waals surface area contributed by atoms with Crippen LogP contribution >= 0.6 is 0 Å². The number of carbonyl (C=O) groups is 1. The predicted octanol–water partition coefficient (Wildman–Crippen LogP) is 1.93. The largest absolute Gasteiger partial charge is 0.494 e. The number of methoxy groups -OCH3 is 1. The molecule has 1 N–H and O–H groups in total. The van der Waals surface area contributed by atoms with Crippen LogP contribution in [0, 0.1) is 5.82 Å². The second kappa shape index (κ2) is 6.70. The Morgan fingerprint density at radius 3 is 2.90 bits per heavy atom. The Balaban J connectivity index is 1.82. The van der Waals surface area contributed by atoms with Crippen molar-refractivity contribution in [3.05, 3.63) is 29.6 Å². The van der Waals surface area contributed by atoms with Gasteiger partial charge in [0.2, 0.25) is 5.91 Å². The molecular weight excluding hydrogens is 259 g/mol. The molecule has 0 saturated carbocycles. The molecule has 20 heavy (non-hydrogen) atoms. The number of benzene rings is 1. The van der Waals surface area contributed by atoms with Gasteiger partial charge < -0.3 is 15.0 Å². The number of ether oxygens (including phenoxy) is 1. The number of carbonyl (C=O) groups excluding carboxylic acids is 1. The van der Waals surface area contributed by atoms with E-state index in [0.29, 0.717) is 19.5 Å². The van der Waals surface area contributed by atoms with Crippen LogP contribution in [0.15, 0.2) is 18.2 Å². The third-order valence-corrected chi connectivity index (χ3v) is 3.54. The number of hydrogen-bond acceptors (Lipinski definition) is 3. The fourth-order valence-electron chi connectivity index (χ4n) is 2.40. The molecule has 1 saturated heterocycles. The van der Waals surface area contributed by atoms with Crippen molar-refractivity contribution >= 4 is 5.91 Å². The van der Waals surface area contributed by atoms with Gasteiger partial charge in [0.15, 0.2) is 11.6 Å². The minimum Gasteiger partial charge on any atom is -0.494 e. The molecule has 0 radical (unpaired) electrons. The van der Waals surface area contributed by atoms with Gasteiger partial charge in [0.25, 0.3) is 0 Å². The van der Waals surface area contributed by atoms with Gasteiger partial charge in [0.05, 0.1) is 7.11 Å². The van der Waals surface area contributed by atoms with E-state index >= 15 is 0 Å². The number of amides is 1. The van der Waals surface area contributed by atoms with E-state index in [1.54, 1.807) is 6.07 Å². The predicted molar refractivity (Wildman–Crippen MR) is 75.1 cm³/mol. The van der Waals surface area contributed by atoms with E-state index < -0.39 is 0 Å². The SMILES string of the molecule is COc1ccc(CNC(C)CN2CCCC2=O)cc1F. The Hall–Kier alpha value is -1.62. The van der Waals surface area contributed by atoms with Gasteiger partial charge in [0.1, 0.15) is 0 Å². The van der Waals surface area contributed by atoms with Crippen LogP contribution in [0.2, 0.25) is 0 Å². The van der Waals surface area contributed by atoms with Crippen LogP contribution in [0.4, 0.5) is 4.39 Å². The van der Waals surface area contributed by atoms with Gasteiger partial charge in [-0.1, -0.05) is 6.07 Å². The number of rotatable bonds is 6. The van der Waals surface area contributed by atoms with Crippen LogP contribution in [0.1, 0.15) is 25.3 Å². The standard InChI is InChI=1S/C15H21FN2O2/c1-11(10-18-7-3-4-15(18)19)17-9-12-5-6-14(20-2)13(16)8-12/h5-6,8,11,17H,3-4,7,9-10H2,1-2H3. The minimum atomic E-state index is -0.353. The molecule has 1 atom stereocenters. The van der Waals surface area contributed by atoms with Gasteiger partial charge in [0, 0.05) is 32.1 Å². The van der Waals surface area contributed by atoms with Gasteiger partial charge in [-0.05, 0) is 31.0 Å². The molecule has 0 aliphatic carbocycles. The van der Waals surface area contributed by atoms with Gasteiger partial charge in [-0.2, -0.15) is 0 Å². The molecular formula is C15H21FN2O2. The van der Waals surface area contributed by atoms with E-state index in [2.05, 4.69) is 5.32 Å².